The first-order valence-corrected chi connectivity index (χ1v) is 4.71. The normalized spacial score (nSPS) is 10.9. The molecule has 1 aromatic heterocycles. The van der Waals surface area contributed by atoms with Gasteiger partial charge in [0.25, 0.3) is 11.6 Å². The van der Waals surface area contributed by atoms with Gasteiger partial charge in [-0.3, -0.25) is 14.9 Å². The molecule has 0 fully saturated rings. The van der Waals surface area contributed by atoms with Crippen LogP contribution in [0, 0.1) is 10.1 Å². The minimum absolute atomic E-state index is 0.0162. The molecule has 0 bridgehead atoms. The maximum absolute atomic E-state index is 11.2. The third kappa shape index (κ3) is 2.09. The van der Waals surface area contributed by atoms with Gasteiger partial charge in [-0.2, -0.15) is 5.16 Å². The first-order chi connectivity index (χ1) is 8.59. The van der Waals surface area contributed by atoms with Gasteiger partial charge >= 0.3 is 5.56 Å². The van der Waals surface area contributed by atoms with Gasteiger partial charge < -0.3 is 10.3 Å². The van der Waals surface area contributed by atoms with Crippen molar-refractivity contribution in [2.75, 3.05) is 5.73 Å². The Bertz CT molecular complexity index is 672. The highest BCUT2D eigenvalue weighted by molar-refractivity contribution is 5.58. The second kappa shape index (κ2) is 4.49. The lowest BCUT2D eigenvalue weighted by atomic mass is 10.3. The van der Waals surface area contributed by atoms with E-state index < -0.39 is 10.5 Å². The van der Waals surface area contributed by atoms with Crippen molar-refractivity contribution >= 4 is 22.9 Å². The van der Waals surface area contributed by atoms with Crippen molar-refractivity contribution in [1.29, 1.82) is 0 Å². The molecule has 18 heavy (non-hydrogen) atoms. The molecule has 3 N–H and O–H groups in total. The molecule has 0 amide bonds. The van der Waals surface area contributed by atoms with Gasteiger partial charge in [0.1, 0.15) is 0 Å². The van der Waals surface area contributed by atoms with Crippen LogP contribution in [-0.2, 0) is 0 Å². The van der Waals surface area contributed by atoms with Gasteiger partial charge in [-0.1, -0.05) is 12.1 Å². The smallest absolute Gasteiger partial charge is 0.310 e. The van der Waals surface area contributed by atoms with Crippen molar-refractivity contribution in [1.82, 2.24) is 5.16 Å². The molecular weight excluding hydrogens is 242 g/mol. The van der Waals surface area contributed by atoms with Crippen LogP contribution in [0.4, 0.5) is 22.9 Å². The third-order valence-corrected chi connectivity index (χ3v) is 2.04. The van der Waals surface area contributed by atoms with E-state index in [4.69, 9.17) is 5.73 Å². The number of benzene rings is 1. The minimum atomic E-state index is -0.658. The fourth-order valence-electron chi connectivity index (χ4n) is 1.21. The molecule has 0 aliphatic heterocycles. The van der Waals surface area contributed by atoms with Gasteiger partial charge in [0.15, 0.2) is 5.69 Å². The minimum Gasteiger partial charge on any atom is -0.366 e. The molecule has 92 valence electrons. The Morgan fingerprint density at radius 1 is 1.33 bits per heavy atom. The van der Waals surface area contributed by atoms with Crippen molar-refractivity contribution in [3.8, 4) is 0 Å². The van der Waals surface area contributed by atoms with Crippen molar-refractivity contribution in [2.45, 2.75) is 0 Å². The molecule has 0 saturated carbocycles. The number of nitrogen functional groups attached to an aromatic ring is 1. The molecule has 0 unspecified atom stereocenters. The summed E-state index contributed by atoms with van der Waals surface area (Å²) in [6, 6.07) is 5.73. The average Bonchev–Trinajstić information content (AvgIpc) is 2.67. The quantitative estimate of drug-likeness (QED) is 0.485. The van der Waals surface area contributed by atoms with Gasteiger partial charge in [-0.15, -0.1) is 10.2 Å². The summed E-state index contributed by atoms with van der Waals surface area (Å²) in [4.78, 5) is 21.3. The zero-order valence-corrected chi connectivity index (χ0v) is 8.86. The Labute approximate surface area is 99.1 Å². The van der Waals surface area contributed by atoms with Crippen LogP contribution in [0.1, 0.15) is 0 Å². The maximum atomic E-state index is 11.2. The molecule has 9 nitrogen and oxygen atoms in total. The van der Waals surface area contributed by atoms with Crippen LogP contribution in [0.15, 0.2) is 43.8 Å². The van der Waals surface area contributed by atoms with Crippen LogP contribution < -0.4 is 11.3 Å². The average molecular weight is 249 g/mol. The molecule has 0 radical (unpaired) electrons. The summed E-state index contributed by atoms with van der Waals surface area (Å²) in [5.41, 5.74) is 4.23. The summed E-state index contributed by atoms with van der Waals surface area (Å²) >= 11 is 0. The van der Waals surface area contributed by atoms with Gasteiger partial charge in [-0.05, 0) is 6.07 Å². The van der Waals surface area contributed by atoms with Crippen LogP contribution in [0.3, 0.4) is 0 Å². The lowest BCUT2D eigenvalue weighted by Gasteiger charge is -1.94. The summed E-state index contributed by atoms with van der Waals surface area (Å²) in [6.45, 7) is 0. The van der Waals surface area contributed by atoms with Crippen LogP contribution in [0.5, 0.6) is 0 Å². The molecule has 0 atom stereocenters. The van der Waals surface area contributed by atoms with E-state index in [1.54, 1.807) is 6.07 Å². The van der Waals surface area contributed by atoms with Crippen molar-refractivity contribution in [3.63, 3.8) is 0 Å². The zero-order valence-electron chi connectivity index (χ0n) is 8.86. The van der Waals surface area contributed by atoms with Gasteiger partial charge in [0.2, 0.25) is 5.69 Å². The van der Waals surface area contributed by atoms with Gasteiger partial charge in [0.05, 0.1) is 4.92 Å². The standard InChI is InChI=1S/C9H7N5O4/c10-8-7(9(15)13-18-8)12-11-5-3-1-2-4-6(5)14(16)17/h1-4H,10H2,(H,13,15). The molecule has 0 spiro atoms. The first-order valence-electron chi connectivity index (χ1n) is 4.71. The Morgan fingerprint density at radius 2 is 2.06 bits per heavy atom. The molecule has 0 aliphatic carbocycles. The highest BCUT2D eigenvalue weighted by atomic mass is 16.6. The van der Waals surface area contributed by atoms with Crippen LogP contribution in [-0.4, -0.2) is 10.1 Å². The monoisotopic (exact) mass is 249 g/mol. The van der Waals surface area contributed by atoms with E-state index in [1.807, 2.05) is 5.16 Å². The van der Waals surface area contributed by atoms with Crippen molar-refractivity contribution in [2.24, 2.45) is 10.2 Å². The molecule has 0 aliphatic rings. The zero-order chi connectivity index (χ0) is 13.1. The predicted octanol–water partition coefficient (Wildman–Crippen LogP) is 1.87. The number of hydrogen-bond donors (Lipinski definition) is 2. The van der Waals surface area contributed by atoms with E-state index in [0.29, 0.717) is 0 Å². The highest BCUT2D eigenvalue weighted by Gasteiger charge is 2.13. The molecule has 1 aromatic carbocycles. The van der Waals surface area contributed by atoms with Crippen molar-refractivity contribution < 1.29 is 9.45 Å². The lowest BCUT2D eigenvalue weighted by molar-refractivity contribution is -0.384. The molecule has 1 heterocycles. The number of aromatic nitrogens is 1. The van der Waals surface area contributed by atoms with Crippen LogP contribution in [0.2, 0.25) is 0 Å². The number of hydrogen-bond acceptors (Lipinski definition) is 7. The number of nitro benzene ring substituents is 1. The number of rotatable bonds is 3. The van der Waals surface area contributed by atoms with Crippen LogP contribution in [0.25, 0.3) is 0 Å². The number of aromatic amines is 1. The summed E-state index contributed by atoms with van der Waals surface area (Å²) < 4.78 is 4.51. The van der Waals surface area contributed by atoms with Crippen LogP contribution >= 0.6 is 0 Å². The van der Waals surface area contributed by atoms with Crippen molar-refractivity contribution in [3.05, 3.63) is 44.7 Å². The number of anilines is 1. The Morgan fingerprint density at radius 3 is 2.67 bits per heavy atom. The molecule has 2 rings (SSSR count). The number of para-hydroxylation sites is 1. The van der Waals surface area contributed by atoms with Gasteiger partial charge in [-0.25, -0.2) is 0 Å². The van der Waals surface area contributed by atoms with E-state index in [9.17, 15) is 14.9 Å². The number of azo groups is 1. The molecule has 9 heteroatoms. The SMILES string of the molecule is Nc1o[nH]c(=O)c1N=Nc1ccccc1[N+](=O)[O-]. The number of H-pyrrole nitrogens is 1. The largest absolute Gasteiger partial charge is 0.366 e. The molecular formula is C9H7N5O4. The Kier molecular flexibility index (Phi) is 2.87. The number of nitrogens with one attached hydrogen (secondary N) is 1. The third-order valence-electron chi connectivity index (χ3n) is 2.04. The summed E-state index contributed by atoms with van der Waals surface area (Å²) in [5, 5.41) is 19.8. The topological polar surface area (TPSA) is 140 Å². The summed E-state index contributed by atoms with van der Waals surface area (Å²) in [5.74, 6) is -0.234. The highest BCUT2D eigenvalue weighted by Crippen LogP contribution is 2.28. The second-order valence-electron chi connectivity index (χ2n) is 3.19. The predicted molar refractivity (Wildman–Crippen MR) is 61.0 cm³/mol. The molecule has 2 aromatic rings. The Hall–Kier alpha value is -2.97. The van der Waals surface area contributed by atoms with Gasteiger partial charge in [0, 0.05) is 6.07 Å². The van der Waals surface area contributed by atoms with E-state index in [1.165, 1.54) is 18.2 Å². The first kappa shape index (κ1) is 11.5. The summed E-state index contributed by atoms with van der Waals surface area (Å²) in [7, 11) is 0. The second-order valence-corrected chi connectivity index (χ2v) is 3.19. The van der Waals surface area contributed by atoms with E-state index >= 15 is 0 Å². The number of nitro groups is 1. The lowest BCUT2D eigenvalue weighted by Crippen LogP contribution is -1.96. The fraction of sp³-hybridized carbons (Fsp3) is 0. The maximum Gasteiger partial charge on any atom is 0.310 e. The van der Waals surface area contributed by atoms with E-state index in [0.717, 1.165) is 0 Å². The summed E-state index contributed by atoms with van der Waals surface area (Å²) in [6.07, 6.45) is 0. The Balaban J connectivity index is 2.41. The molecule has 0 saturated heterocycles. The van der Waals surface area contributed by atoms with E-state index in [2.05, 4.69) is 14.8 Å². The fourth-order valence-corrected chi connectivity index (χ4v) is 1.21. The number of nitrogens with two attached hydrogens (primary N) is 1. The van der Waals surface area contributed by atoms with E-state index in [-0.39, 0.29) is 22.9 Å². The number of nitrogens with zero attached hydrogens (tertiary/aromatic N) is 3.